The van der Waals surface area contributed by atoms with Crippen molar-refractivity contribution in [2.75, 3.05) is 13.2 Å². The standard InChI is InChI=1S/C11H16ClNOS/c12-9-5-10(15-7-9)6-13-8-11(1-2-11)3-4-14/h5,7,13-14H,1-4,6,8H2. The zero-order valence-electron chi connectivity index (χ0n) is 8.63. The number of aliphatic hydroxyl groups excluding tert-OH is 1. The highest BCUT2D eigenvalue weighted by Crippen LogP contribution is 2.47. The van der Waals surface area contributed by atoms with E-state index in [1.807, 2.05) is 11.4 Å². The van der Waals surface area contributed by atoms with E-state index in [4.69, 9.17) is 16.7 Å². The van der Waals surface area contributed by atoms with E-state index in [1.165, 1.54) is 17.7 Å². The molecule has 1 aromatic heterocycles. The molecule has 0 saturated heterocycles. The molecule has 2 nitrogen and oxygen atoms in total. The molecule has 0 aliphatic heterocycles. The van der Waals surface area contributed by atoms with Gasteiger partial charge in [-0.25, -0.2) is 0 Å². The fourth-order valence-electron chi connectivity index (χ4n) is 1.83. The maximum atomic E-state index is 8.92. The normalized spacial score (nSPS) is 18.0. The van der Waals surface area contributed by atoms with Crippen LogP contribution < -0.4 is 5.32 Å². The minimum absolute atomic E-state index is 0.312. The van der Waals surface area contributed by atoms with Gasteiger partial charge >= 0.3 is 0 Å². The quantitative estimate of drug-likeness (QED) is 0.808. The van der Waals surface area contributed by atoms with Crippen LogP contribution in [0.15, 0.2) is 11.4 Å². The number of hydrogen-bond acceptors (Lipinski definition) is 3. The lowest BCUT2D eigenvalue weighted by molar-refractivity contribution is 0.245. The molecule has 1 heterocycles. The third-order valence-electron chi connectivity index (χ3n) is 3.02. The van der Waals surface area contributed by atoms with Gasteiger partial charge in [-0.2, -0.15) is 0 Å². The molecule has 0 radical (unpaired) electrons. The summed E-state index contributed by atoms with van der Waals surface area (Å²) in [5, 5.41) is 15.1. The first-order valence-electron chi connectivity index (χ1n) is 5.29. The minimum atomic E-state index is 0.312. The lowest BCUT2D eigenvalue weighted by Gasteiger charge is -2.13. The van der Waals surface area contributed by atoms with Gasteiger partial charge in [0.05, 0.1) is 5.02 Å². The first kappa shape index (κ1) is 11.4. The summed E-state index contributed by atoms with van der Waals surface area (Å²) >= 11 is 7.53. The summed E-state index contributed by atoms with van der Waals surface area (Å²) in [6.07, 6.45) is 3.45. The van der Waals surface area contributed by atoms with Crippen molar-refractivity contribution in [1.82, 2.24) is 5.32 Å². The Morgan fingerprint density at radius 3 is 2.87 bits per heavy atom. The highest BCUT2D eigenvalue weighted by Gasteiger charge is 2.41. The Labute approximate surface area is 99.3 Å². The molecule has 0 spiro atoms. The maximum absolute atomic E-state index is 8.92. The number of halogens is 1. The molecule has 15 heavy (non-hydrogen) atoms. The zero-order chi connectivity index (χ0) is 10.7. The van der Waals surface area contributed by atoms with E-state index in [1.54, 1.807) is 11.3 Å². The van der Waals surface area contributed by atoms with Crippen molar-refractivity contribution in [1.29, 1.82) is 0 Å². The molecule has 0 amide bonds. The topological polar surface area (TPSA) is 32.3 Å². The molecule has 0 bridgehead atoms. The van der Waals surface area contributed by atoms with Gasteiger partial charge in [0.15, 0.2) is 0 Å². The molecule has 2 N–H and O–H groups in total. The third kappa shape index (κ3) is 3.18. The van der Waals surface area contributed by atoms with Gasteiger partial charge in [0.25, 0.3) is 0 Å². The van der Waals surface area contributed by atoms with E-state index in [-0.39, 0.29) is 0 Å². The van der Waals surface area contributed by atoms with Gasteiger partial charge in [-0.15, -0.1) is 11.3 Å². The third-order valence-corrected chi connectivity index (χ3v) is 4.30. The number of hydrogen-bond donors (Lipinski definition) is 2. The van der Waals surface area contributed by atoms with Crippen molar-refractivity contribution in [3.8, 4) is 0 Å². The largest absolute Gasteiger partial charge is 0.396 e. The van der Waals surface area contributed by atoms with Crippen molar-refractivity contribution in [3.05, 3.63) is 21.3 Å². The summed E-state index contributed by atoms with van der Waals surface area (Å²) in [7, 11) is 0. The summed E-state index contributed by atoms with van der Waals surface area (Å²) in [6.45, 7) is 2.22. The predicted octanol–water partition coefficient (Wildman–Crippen LogP) is 2.65. The van der Waals surface area contributed by atoms with Crippen LogP contribution in [0.25, 0.3) is 0 Å². The van der Waals surface area contributed by atoms with E-state index >= 15 is 0 Å². The highest BCUT2D eigenvalue weighted by atomic mass is 35.5. The second kappa shape index (κ2) is 4.83. The molecular formula is C11H16ClNOS. The Hall–Kier alpha value is -0.0900. The molecule has 0 atom stereocenters. The Bertz CT molecular complexity index is 322. The molecule has 0 aromatic carbocycles. The second-order valence-corrected chi connectivity index (χ2v) is 5.74. The molecule has 1 aromatic rings. The van der Waals surface area contributed by atoms with Gasteiger partial charge in [-0.1, -0.05) is 11.6 Å². The molecule has 0 unspecified atom stereocenters. The summed E-state index contributed by atoms with van der Waals surface area (Å²) in [6, 6.07) is 2.00. The van der Waals surface area contributed by atoms with E-state index in [0.717, 1.165) is 24.5 Å². The van der Waals surface area contributed by atoms with E-state index in [9.17, 15) is 0 Å². The Morgan fingerprint density at radius 2 is 2.33 bits per heavy atom. The smallest absolute Gasteiger partial charge is 0.0516 e. The van der Waals surface area contributed by atoms with Gasteiger partial charge in [-0.05, 0) is 30.7 Å². The molecule has 2 rings (SSSR count). The van der Waals surface area contributed by atoms with Crippen LogP contribution in [0.3, 0.4) is 0 Å². The van der Waals surface area contributed by atoms with Crippen LogP contribution in [0.2, 0.25) is 5.02 Å². The first-order valence-corrected chi connectivity index (χ1v) is 6.54. The first-order chi connectivity index (χ1) is 7.24. The van der Waals surface area contributed by atoms with Crippen LogP contribution in [0.5, 0.6) is 0 Å². The molecule has 84 valence electrons. The van der Waals surface area contributed by atoms with Crippen molar-refractivity contribution >= 4 is 22.9 Å². The summed E-state index contributed by atoms with van der Waals surface area (Å²) in [5.74, 6) is 0. The van der Waals surface area contributed by atoms with Crippen LogP contribution in [0, 0.1) is 5.41 Å². The zero-order valence-corrected chi connectivity index (χ0v) is 10.2. The van der Waals surface area contributed by atoms with E-state index < -0.39 is 0 Å². The summed E-state index contributed by atoms with van der Waals surface area (Å²) < 4.78 is 0. The van der Waals surface area contributed by atoms with Crippen LogP contribution in [-0.4, -0.2) is 18.3 Å². The molecular weight excluding hydrogens is 230 g/mol. The summed E-state index contributed by atoms with van der Waals surface area (Å²) in [4.78, 5) is 1.28. The number of aliphatic hydroxyl groups is 1. The monoisotopic (exact) mass is 245 g/mol. The lowest BCUT2D eigenvalue weighted by atomic mass is 10.0. The SMILES string of the molecule is OCCC1(CNCc2cc(Cl)cs2)CC1. The average Bonchev–Trinajstić information content (AvgIpc) is 2.83. The van der Waals surface area contributed by atoms with Crippen molar-refractivity contribution < 1.29 is 5.11 Å². The second-order valence-electron chi connectivity index (χ2n) is 4.31. The fourth-order valence-corrected chi connectivity index (χ4v) is 2.87. The van der Waals surface area contributed by atoms with Gasteiger partial charge < -0.3 is 10.4 Å². The number of nitrogens with one attached hydrogen (secondary N) is 1. The van der Waals surface area contributed by atoms with Crippen LogP contribution >= 0.6 is 22.9 Å². The van der Waals surface area contributed by atoms with Gasteiger partial charge in [-0.3, -0.25) is 0 Å². The van der Waals surface area contributed by atoms with E-state index in [2.05, 4.69) is 5.32 Å². The molecule has 4 heteroatoms. The number of rotatable bonds is 6. The highest BCUT2D eigenvalue weighted by molar-refractivity contribution is 7.10. The van der Waals surface area contributed by atoms with Crippen LogP contribution in [0.4, 0.5) is 0 Å². The maximum Gasteiger partial charge on any atom is 0.0516 e. The van der Waals surface area contributed by atoms with Gasteiger partial charge in [0.1, 0.15) is 0 Å². The van der Waals surface area contributed by atoms with Gasteiger partial charge in [0, 0.05) is 30.0 Å². The number of thiophene rings is 1. The molecule has 1 aliphatic rings. The Kier molecular flexibility index (Phi) is 3.67. The molecule has 1 aliphatic carbocycles. The Morgan fingerprint density at radius 1 is 1.53 bits per heavy atom. The average molecular weight is 246 g/mol. The minimum Gasteiger partial charge on any atom is -0.396 e. The van der Waals surface area contributed by atoms with Crippen molar-refractivity contribution in [2.24, 2.45) is 5.41 Å². The molecule has 1 fully saturated rings. The molecule has 1 saturated carbocycles. The van der Waals surface area contributed by atoms with Gasteiger partial charge in [0.2, 0.25) is 0 Å². The summed E-state index contributed by atoms with van der Waals surface area (Å²) in [5.41, 5.74) is 0.399. The van der Waals surface area contributed by atoms with E-state index in [0.29, 0.717) is 12.0 Å². The lowest BCUT2D eigenvalue weighted by Crippen LogP contribution is -2.24. The van der Waals surface area contributed by atoms with Crippen molar-refractivity contribution in [2.45, 2.75) is 25.8 Å². The van der Waals surface area contributed by atoms with Crippen molar-refractivity contribution in [3.63, 3.8) is 0 Å². The van der Waals surface area contributed by atoms with Crippen LogP contribution in [0.1, 0.15) is 24.1 Å². The fraction of sp³-hybridized carbons (Fsp3) is 0.636. The van der Waals surface area contributed by atoms with Crippen LogP contribution in [-0.2, 0) is 6.54 Å². The predicted molar refractivity (Wildman–Crippen MR) is 64.4 cm³/mol. The Balaban J connectivity index is 1.71.